The maximum absolute atomic E-state index is 5.20. The van der Waals surface area contributed by atoms with Gasteiger partial charge in [-0.3, -0.25) is 0 Å². The molecule has 0 saturated heterocycles. The molecule has 1 aromatic heterocycles. The van der Waals surface area contributed by atoms with Gasteiger partial charge in [-0.25, -0.2) is 4.98 Å². The number of anilines is 3. The van der Waals surface area contributed by atoms with Crippen LogP contribution in [0, 0.1) is 0 Å². The molecule has 94 valence electrons. The zero-order chi connectivity index (χ0) is 13.0. The standard InChI is InChI=1S/C13H14BrN3O/c1-15-12-4-3-5-13(17-12)16-11-8-9(18-2)6-7-10(11)14/h3-8H,1-2H3,(H2,15,16,17). The highest BCUT2D eigenvalue weighted by Crippen LogP contribution is 2.29. The molecule has 5 heteroatoms. The maximum atomic E-state index is 5.20. The first-order valence-corrected chi connectivity index (χ1v) is 6.27. The van der Waals surface area contributed by atoms with Crippen LogP contribution in [-0.4, -0.2) is 19.1 Å². The van der Waals surface area contributed by atoms with E-state index in [1.54, 1.807) is 7.11 Å². The predicted molar refractivity (Wildman–Crippen MR) is 77.8 cm³/mol. The van der Waals surface area contributed by atoms with Gasteiger partial charge in [0.1, 0.15) is 17.4 Å². The fourth-order valence-corrected chi connectivity index (χ4v) is 1.85. The largest absolute Gasteiger partial charge is 0.497 e. The molecule has 2 aromatic rings. The number of ether oxygens (including phenoxy) is 1. The number of nitrogens with one attached hydrogen (secondary N) is 2. The van der Waals surface area contributed by atoms with E-state index in [-0.39, 0.29) is 0 Å². The monoisotopic (exact) mass is 307 g/mol. The van der Waals surface area contributed by atoms with Gasteiger partial charge in [0.25, 0.3) is 0 Å². The summed E-state index contributed by atoms with van der Waals surface area (Å²) in [7, 11) is 3.49. The molecule has 0 atom stereocenters. The van der Waals surface area contributed by atoms with Crippen molar-refractivity contribution in [1.29, 1.82) is 0 Å². The van der Waals surface area contributed by atoms with Gasteiger partial charge < -0.3 is 15.4 Å². The summed E-state index contributed by atoms with van der Waals surface area (Å²) in [6.45, 7) is 0. The highest BCUT2D eigenvalue weighted by molar-refractivity contribution is 9.10. The minimum Gasteiger partial charge on any atom is -0.497 e. The molecule has 0 unspecified atom stereocenters. The molecule has 18 heavy (non-hydrogen) atoms. The van der Waals surface area contributed by atoms with Crippen molar-refractivity contribution in [3.05, 3.63) is 40.9 Å². The van der Waals surface area contributed by atoms with Gasteiger partial charge in [0.05, 0.1) is 12.8 Å². The van der Waals surface area contributed by atoms with Gasteiger partial charge in [-0.05, 0) is 40.2 Å². The molecule has 0 aliphatic heterocycles. The van der Waals surface area contributed by atoms with Crippen LogP contribution in [0.4, 0.5) is 17.3 Å². The van der Waals surface area contributed by atoms with Crippen molar-refractivity contribution in [3.8, 4) is 5.75 Å². The Kier molecular flexibility index (Phi) is 4.04. The third kappa shape index (κ3) is 2.92. The van der Waals surface area contributed by atoms with Crippen LogP contribution in [0.15, 0.2) is 40.9 Å². The quantitative estimate of drug-likeness (QED) is 0.905. The molecule has 4 nitrogen and oxygen atoms in total. The zero-order valence-corrected chi connectivity index (χ0v) is 11.8. The van der Waals surface area contributed by atoms with Gasteiger partial charge in [-0.1, -0.05) is 6.07 Å². The van der Waals surface area contributed by atoms with E-state index in [1.807, 2.05) is 43.4 Å². The number of hydrogen-bond acceptors (Lipinski definition) is 4. The summed E-state index contributed by atoms with van der Waals surface area (Å²) in [4.78, 5) is 4.40. The van der Waals surface area contributed by atoms with Crippen LogP contribution in [-0.2, 0) is 0 Å². The topological polar surface area (TPSA) is 46.2 Å². The van der Waals surface area contributed by atoms with Gasteiger partial charge in [0.15, 0.2) is 0 Å². The summed E-state index contributed by atoms with van der Waals surface area (Å²) < 4.78 is 6.16. The highest BCUT2D eigenvalue weighted by Gasteiger charge is 2.03. The second-order valence-electron chi connectivity index (χ2n) is 3.63. The fourth-order valence-electron chi connectivity index (χ4n) is 1.51. The van der Waals surface area contributed by atoms with Crippen LogP contribution in [0.3, 0.4) is 0 Å². The lowest BCUT2D eigenvalue weighted by Gasteiger charge is -2.10. The molecule has 0 fully saturated rings. The lowest BCUT2D eigenvalue weighted by atomic mass is 10.3. The van der Waals surface area contributed by atoms with Crippen molar-refractivity contribution in [3.63, 3.8) is 0 Å². The highest BCUT2D eigenvalue weighted by atomic mass is 79.9. The summed E-state index contributed by atoms with van der Waals surface area (Å²) in [6.07, 6.45) is 0. The molecular formula is C13H14BrN3O. The Morgan fingerprint density at radius 3 is 2.67 bits per heavy atom. The first-order valence-electron chi connectivity index (χ1n) is 5.48. The van der Waals surface area contributed by atoms with Gasteiger partial charge in [0, 0.05) is 17.6 Å². The summed E-state index contributed by atoms with van der Waals surface area (Å²) in [5, 5.41) is 6.25. The number of rotatable bonds is 4. The number of hydrogen-bond donors (Lipinski definition) is 2. The molecule has 0 aliphatic carbocycles. The first kappa shape index (κ1) is 12.7. The third-order valence-corrected chi connectivity index (χ3v) is 3.13. The molecule has 0 spiro atoms. The number of benzene rings is 1. The average molecular weight is 308 g/mol. The first-order chi connectivity index (χ1) is 8.72. The minimum absolute atomic E-state index is 0.774. The SMILES string of the molecule is CNc1cccc(Nc2cc(OC)ccc2Br)n1. The van der Waals surface area contributed by atoms with E-state index in [0.29, 0.717) is 0 Å². The Morgan fingerprint density at radius 2 is 1.94 bits per heavy atom. The van der Waals surface area contributed by atoms with E-state index in [9.17, 15) is 0 Å². The lowest BCUT2D eigenvalue weighted by Crippen LogP contribution is -1.98. The number of aromatic nitrogens is 1. The van der Waals surface area contributed by atoms with Gasteiger partial charge in [-0.15, -0.1) is 0 Å². The Bertz CT molecular complexity index is 546. The van der Waals surface area contributed by atoms with Crippen molar-refractivity contribution in [1.82, 2.24) is 4.98 Å². The van der Waals surface area contributed by atoms with E-state index >= 15 is 0 Å². The summed E-state index contributed by atoms with van der Waals surface area (Å²) >= 11 is 3.49. The Balaban J connectivity index is 2.27. The number of nitrogens with zero attached hydrogens (tertiary/aromatic N) is 1. The summed E-state index contributed by atoms with van der Waals surface area (Å²) in [5.41, 5.74) is 0.912. The predicted octanol–water partition coefficient (Wildman–Crippen LogP) is 3.64. The molecule has 1 heterocycles. The normalized spacial score (nSPS) is 9.94. The van der Waals surface area contributed by atoms with E-state index in [4.69, 9.17) is 4.74 Å². The van der Waals surface area contributed by atoms with Crippen LogP contribution in [0.25, 0.3) is 0 Å². The third-order valence-electron chi connectivity index (χ3n) is 2.44. The smallest absolute Gasteiger partial charge is 0.132 e. The molecule has 0 amide bonds. The van der Waals surface area contributed by atoms with Crippen LogP contribution in [0.2, 0.25) is 0 Å². The zero-order valence-electron chi connectivity index (χ0n) is 10.2. The molecule has 2 N–H and O–H groups in total. The number of halogens is 1. The second-order valence-corrected chi connectivity index (χ2v) is 4.48. The Morgan fingerprint density at radius 1 is 1.17 bits per heavy atom. The van der Waals surface area contributed by atoms with E-state index in [0.717, 1.165) is 27.5 Å². The van der Waals surface area contributed by atoms with Gasteiger partial charge in [0.2, 0.25) is 0 Å². The molecule has 0 bridgehead atoms. The van der Waals surface area contributed by atoms with Crippen LogP contribution < -0.4 is 15.4 Å². The number of pyridine rings is 1. The molecule has 0 aliphatic rings. The lowest BCUT2D eigenvalue weighted by molar-refractivity contribution is 0.415. The van der Waals surface area contributed by atoms with Crippen molar-refractivity contribution >= 4 is 33.3 Å². The van der Waals surface area contributed by atoms with E-state index < -0.39 is 0 Å². The summed E-state index contributed by atoms with van der Waals surface area (Å²) in [6, 6.07) is 11.5. The average Bonchev–Trinajstić information content (AvgIpc) is 2.41. The van der Waals surface area contributed by atoms with Gasteiger partial charge in [-0.2, -0.15) is 0 Å². The Hall–Kier alpha value is -1.75. The summed E-state index contributed by atoms with van der Waals surface area (Å²) in [5.74, 6) is 2.39. The van der Waals surface area contributed by atoms with E-state index in [2.05, 4.69) is 31.5 Å². The van der Waals surface area contributed by atoms with Crippen LogP contribution in [0.1, 0.15) is 0 Å². The number of methoxy groups -OCH3 is 1. The van der Waals surface area contributed by atoms with Crippen molar-refractivity contribution in [2.45, 2.75) is 0 Å². The Labute approximate surface area is 115 Å². The fraction of sp³-hybridized carbons (Fsp3) is 0.154. The molecule has 0 radical (unpaired) electrons. The maximum Gasteiger partial charge on any atom is 0.132 e. The van der Waals surface area contributed by atoms with E-state index in [1.165, 1.54) is 0 Å². The molecule has 2 rings (SSSR count). The minimum atomic E-state index is 0.774. The van der Waals surface area contributed by atoms with Crippen LogP contribution >= 0.6 is 15.9 Å². The second kappa shape index (κ2) is 5.73. The molecule has 0 saturated carbocycles. The van der Waals surface area contributed by atoms with Crippen molar-refractivity contribution in [2.75, 3.05) is 24.8 Å². The van der Waals surface area contributed by atoms with Crippen molar-refractivity contribution < 1.29 is 4.74 Å². The van der Waals surface area contributed by atoms with Crippen LogP contribution in [0.5, 0.6) is 5.75 Å². The van der Waals surface area contributed by atoms with Gasteiger partial charge >= 0.3 is 0 Å². The van der Waals surface area contributed by atoms with Crippen molar-refractivity contribution in [2.24, 2.45) is 0 Å². The molecular weight excluding hydrogens is 294 g/mol. The molecule has 1 aromatic carbocycles.